The molecular weight excluding hydrogens is 402 g/mol. The predicted molar refractivity (Wildman–Crippen MR) is 92.7 cm³/mol. The molecule has 2 aromatic carbocycles. The van der Waals surface area contributed by atoms with E-state index < -0.39 is 18.5 Å². The van der Waals surface area contributed by atoms with Crippen LogP contribution in [0.3, 0.4) is 0 Å². The van der Waals surface area contributed by atoms with Gasteiger partial charge in [0.25, 0.3) is 5.91 Å². The first-order valence-electron chi connectivity index (χ1n) is 6.69. The summed E-state index contributed by atoms with van der Waals surface area (Å²) in [5.74, 6) is -1.20. The van der Waals surface area contributed by atoms with Gasteiger partial charge in [-0.05, 0) is 36.4 Å². The molecule has 0 aliphatic carbocycles. The van der Waals surface area contributed by atoms with Crippen LogP contribution >= 0.6 is 27.5 Å². The number of carbonyl (C=O) groups excluding carboxylic acids is 2. The Kier molecular flexibility index (Phi) is 6.05. The Balaban J connectivity index is 2.00. The molecule has 0 unspecified atom stereocenters. The van der Waals surface area contributed by atoms with E-state index in [9.17, 15) is 14.7 Å². The van der Waals surface area contributed by atoms with Gasteiger partial charge in [-0.1, -0.05) is 27.5 Å². The fourth-order valence-corrected chi connectivity index (χ4v) is 2.38. The first-order chi connectivity index (χ1) is 11.4. The maximum atomic E-state index is 11.9. The lowest BCUT2D eigenvalue weighted by atomic mass is 10.2. The predicted octanol–water partition coefficient (Wildman–Crippen LogP) is 3.61. The van der Waals surface area contributed by atoms with Gasteiger partial charge in [0.05, 0.1) is 12.8 Å². The average molecular weight is 415 g/mol. The van der Waals surface area contributed by atoms with Gasteiger partial charge in [0, 0.05) is 9.50 Å². The van der Waals surface area contributed by atoms with Crippen LogP contribution in [0.15, 0.2) is 40.9 Å². The monoisotopic (exact) mass is 413 g/mol. The summed E-state index contributed by atoms with van der Waals surface area (Å²) in [5, 5.41) is 12.6. The average Bonchev–Trinajstić information content (AvgIpc) is 2.55. The topological polar surface area (TPSA) is 84.9 Å². The molecule has 2 N–H and O–H groups in total. The van der Waals surface area contributed by atoms with E-state index in [4.69, 9.17) is 21.1 Å². The molecule has 2 rings (SSSR count). The molecule has 0 radical (unpaired) electrons. The van der Waals surface area contributed by atoms with Crippen molar-refractivity contribution < 1.29 is 24.2 Å². The maximum absolute atomic E-state index is 11.9. The number of hydrogen-bond donors (Lipinski definition) is 2. The van der Waals surface area contributed by atoms with Crippen molar-refractivity contribution in [3.63, 3.8) is 0 Å². The zero-order chi connectivity index (χ0) is 17.7. The Morgan fingerprint density at radius 2 is 2.00 bits per heavy atom. The molecule has 0 atom stereocenters. The Morgan fingerprint density at radius 1 is 1.25 bits per heavy atom. The lowest BCUT2D eigenvalue weighted by Crippen LogP contribution is -2.21. The van der Waals surface area contributed by atoms with E-state index in [0.717, 1.165) is 0 Å². The first-order valence-corrected chi connectivity index (χ1v) is 7.87. The molecule has 2 aromatic rings. The summed E-state index contributed by atoms with van der Waals surface area (Å²) in [6.45, 7) is -0.527. The Labute approximate surface area is 151 Å². The molecule has 0 aliphatic rings. The molecular formula is C16H13BrClNO5. The molecule has 24 heavy (non-hydrogen) atoms. The summed E-state index contributed by atoms with van der Waals surface area (Å²) < 4.78 is 10.6. The Morgan fingerprint density at radius 3 is 2.71 bits per heavy atom. The fraction of sp³-hybridized carbons (Fsp3) is 0.125. The molecule has 6 nitrogen and oxygen atoms in total. The van der Waals surface area contributed by atoms with Gasteiger partial charge in [0.15, 0.2) is 6.61 Å². The number of carbonyl (C=O) groups is 2. The van der Waals surface area contributed by atoms with E-state index in [2.05, 4.69) is 21.2 Å². The summed E-state index contributed by atoms with van der Waals surface area (Å²) in [6, 6.07) is 9.05. The number of ether oxygens (including phenoxy) is 2. The highest BCUT2D eigenvalue weighted by Gasteiger charge is 2.16. The van der Waals surface area contributed by atoms with Gasteiger partial charge in [-0.2, -0.15) is 0 Å². The molecule has 0 aromatic heterocycles. The lowest BCUT2D eigenvalue weighted by Gasteiger charge is -2.11. The number of amides is 1. The van der Waals surface area contributed by atoms with Gasteiger partial charge in [-0.15, -0.1) is 0 Å². The first kappa shape index (κ1) is 18.1. The van der Waals surface area contributed by atoms with Crippen molar-refractivity contribution >= 4 is 45.1 Å². The third-order valence-electron chi connectivity index (χ3n) is 2.95. The number of anilines is 1. The second-order valence-electron chi connectivity index (χ2n) is 4.63. The SMILES string of the molecule is COc1ccc(Cl)cc1NC(=O)COC(=O)c1cc(Br)ccc1O. The van der Waals surface area contributed by atoms with Crippen molar-refractivity contribution in [2.24, 2.45) is 0 Å². The van der Waals surface area contributed by atoms with Crippen LogP contribution in [0, 0.1) is 0 Å². The molecule has 0 saturated carbocycles. The maximum Gasteiger partial charge on any atom is 0.342 e. The lowest BCUT2D eigenvalue weighted by molar-refractivity contribution is -0.119. The number of phenolic OH excluding ortho intramolecular Hbond substituents is 1. The standard InChI is InChI=1S/C16H13BrClNO5/c1-23-14-5-3-10(18)7-12(14)19-15(21)8-24-16(22)11-6-9(17)2-4-13(11)20/h2-7,20H,8H2,1H3,(H,19,21). The highest BCUT2D eigenvalue weighted by Crippen LogP contribution is 2.27. The molecule has 0 heterocycles. The number of aromatic hydroxyl groups is 1. The van der Waals surface area contributed by atoms with Crippen LogP contribution in [0.1, 0.15) is 10.4 Å². The Hall–Kier alpha value is -2.25. The Bertz CT molecular complexity index is 781. The van der Waals surface area contributed by atoms with E-state index in [1.807, 2.05) is 0 Å². The van der Waals surface area contributed by atoms with Crippen molar-refractivity contribution in [1.29, 1.82) is 0 Å². The number of halogens is 2. The summed E-state index contributed by atoms with van der Waals surface area (Å²) in [5.41, 5.74) is 0.314. The number of nitrogens with one attached hydrogen (secondary N) is 1. The number of benzene rings is 2. The second-order valence-corrected chi connectivity index (χ2v) is 5.98. The smallest absolute Gasteiger partial charge is 0.342 e. The quantitative estimate of drug-likeness (QED) is 0.730. The van der Waals surface area contributed by atoms with Gasteiger partial charge in [0.1, 0.15) is 17.1 Å². The van der Waals surface area contributed by atoms with Crippen molar-refractivity contribution in [3.05, 3.63) is 51.5 Å². The highest BCUT2D eigenvalue weighted by molar-refractivity contribution is 9.10. The highest BCUT2D eigenvalue weighted by atomic mass is 79.9. The molecule has 126 valence electrons. The van der Waals surface area contributed by atoms with Crippen LogP contribution in [-0.4, -0.2) is 30.7 Å². The molecule has 0 saturated heterocycles. The molecule has 8 heteroatoms. The van der Waals surface area contributed by atoms with Crippen molar-refractivity contribution in [3.8, 4) is 11.5 Å². The third kappa shape index (κ3) is 4.62. The normalized spacial score (nSPS) is 10.1. The minimum Gasteiger partial charge on any atom is -0.507 e. The molecule has 0 spiro atoms. The van der Waals surface area contributed by atoms with Gasteiger partial charge in [-0.3, -0.25) is 4.79 Å². The largest absolute Gasteiger partial charge is 0.507 e. The van der Waals surface area contributed by atoms with Crippen LogP contribution in [0.5, 0.6) is 11.5 Å². The number of phenols is 1. The summed E-state index contributed by atoms with van der Waals surface area (Å²) in [6.07, 6.45) is 0. The fourth-order valence-electron chi connectivity index (χ4n) is 1.84. The zero-order valence-corrected chi connectivity index (χ0v) is 14.8. The van der Waals surface area contributed by atoms with Crippen LogP contribution in [0.25, 0.3) is 0 Å². The molecule has 1 amide bonds. The second kappa shape index (κ2) is 8.03. The van der Waals surface area contributed by atoms with E-state index in [0.29, 0.717) is 20.9 Å². The third-order valence-corrected chi connectivity index (χ3v) is 3.68. The molecule has 0 fully saturated rings. The van der Waals surface area contributed by atoms with E-state index in [-0.39, 0.29) is 11.3 Å². The minimum absolute atomic E-state index is 0.0440. The summed E-state index contributed by atoms with van der Waals surface area (Å²) in [7, 11) is 1.45. The number of esters is 1. The van der Waals surface area contributed by atoms with Crippen LogP contribution < -0.4 is 10.1 Å². The summed E-state index contributed by atoms with van der Waals surface area (Å²) in [4.78, 5) is 23.8. The number of rotatable bonds is 5. The van der Waals surface area contributed by atoms with Gasteiger partial charge >= 0.3 is 5.97 Å². The molecule has 0 bridgehead atoms. The van der Waals surface area contributed by atoms with Gasteiger partial charge in [0.2, 0.25) is 0 Å². The zero-order valence-electron chi connectivity index (χ0n) is 12.5. The minimum atomic E-state index is -0.818. The molecule has 0 aliphatic heterocycles. The van der Waals surface area contributed by atoms with E-state index in [1.165, 1.54) is 25.3 Å². The van der Waals surface area contributed by atoms with Crippen molar-refractivity contribution in [1.82, 2.24) is 0 Å². The van der Waals surface area contributed by atoms with E-state index >= 15 is 0 Å². The van der Waals surface area contributed by atoms with Gasteiger partial charge < -0.3 is 19.9 Å². The van der Waals surface area contributed by atoms with Crippen LogP contribution in [0.2, 0.25) is 5.02 Å². The number of hydrogen-bond acceptors (Lipinski definition) is 5. The number of methoxy groups -OCH3 is 1. The van der Waals surface area contributed by atoms with Crippen molar-refractivity contribution in [2.45, 2.75) is 0 Å². The van der Waals surface area contributed by atoms with Crippen LogP contribution in [0.4, 0.5) is 5.69 Å². The van der Waals surface area contributed by atoms with E-state index in [1.54, 1.807) is 18.2 Å². The van der Waals surface area contributed by atoms with Crippen LogP contribution in [-0.2, 0) is 9.53 Å². The summed E-state index contributed by atoms with van der Waals surface area (Å²) >= 11 is 9.06. The van der Waals surface area contributed by atoms with Gasteiger partial charge in [-0.25, -0.2) is 4.79 Å². The van der Waals surface area contributed by atoms with Crippen molar-refractivity contribution in [2.75, 3.05) is 19.0 Å².